The minimum atomic E-state index is -0.150. The van der Waals surface area contributed by atoms with Crippen molar-refractivity contribution in [3.8, 4) is 0 Å². The molecule has 140 valence electrons. The Kier molecular flexibility index (Phi) is 5.05. The normalized spacial score (nSPS) is 17.4. The summed E-state index contributed by atoms with van der Waals surface area (Å²) in [4.78, 5) is 33.4. The number of carbonyl (C=O) groups excluding carboxylic acids is 2. The Morgan fingerprint density at radius 1 is 1.26 bits per heavy atom. The van der Waals surface area contributed by atoms with E-state index in [4.69, 9.17) is 4.74 Å². The molecule has 0 bridgehead atoms. The molecule has 2 aliphatic rings. The molecule has 0 saturated carbocycles. The van der Waals surface area contributed by atoms with Gasteiger partial charge in [-0.3, -0.25) is 19.5 Å². The van der Waals surface area contributed by atoms with E-state index in [1.54, 1.807) is 9.80 Å². The van der Waals surface area contributed by atoms with Crippen LogP contribution in [0.25, 0.3) is 0 Å². The Labute approximate surface area is 162 Å². The van der Waals surface area contributed by atoms with Crippen molar-refractivity contribution in [1.82, 2.24) is 4.90 Å². The van der Waals surface area contributed by atoms with Gasteiger partial charge >= 0.3 is 0 Å². The predicted octanol–water partition coefficient (Wildman–Crippen LogP) is 2.10. The number of aliphatic imine (C=N–C) groups is 1. The largest absolute Gasteiger partial charge is 0.378 e. The first-order valence-corrected chi connectivity index (χ1v) is 9.86. The van der Waals surface area contributed by atoms with Crippen molar-refractivity contribution < 1.29 is 14.3 Å². The number of amides is 2. The van der Waals surface area contributed by atoms with E-state index in [1.165, 1.54) is 11.3 Å². The molecule has 1 aromatic carbocycles. The molecule has 3 heterocycles. The molecule has 2 aromatic rings. The zero-order valence-electron chi connectivity index (χ0n) is 15.2. The Hall–Kier alpha value is -2.51. The van der Waals surface area contributed by atoms with Gasteiger partial charge in [0, 0.05) is 24.2 Å². The lowest BCUT2D eigenvalue weighted by molar-refractivity contribution is -0.134. The molecule has 0 N–H and O–H groups in total. The van der Waals surface area contributed by atoms with E-state index in [0.29, 0.717) is 26.3 Å². The molecule has 7 heteroatoms. The van der Waals surface area contributed by atoms with Crippen molar-refractivity contribution >= 4 is 33.9 Å². The van der Waals surface area contributed by atoms with E-state index < -0.39 is 0 Å². The second-order valence-corrected chi connectivity index (χ2v) is 7.54. The zero-order valence-corrected chi connectivity index (χ0v) is 16.0. The molecule has 4 rings (SSSR count). The number of rotatable bonds is 3. The van der Waals surface area contributed by atoms with E-state index in [0.717, 1.165) is 27.4 Å². The highest BCUT2D eigenvalue weighted by Gasteiger charge is 2.29. The summed E-state index contributed by atoms with van der Waals surface area (Å²) in [6.07, 6.45) is 0. The molecule has 1 fully saturated rings. The fraction of sp³-hybridized carbons (Fsp3) is 0.350. The highest BCUT2D eigenvalue weighted by atomic mass is 32.1. The molecule has 27 heavy (non-hydrogen) atoms. The highest BCUT2D eigenvalue weighted by molar-refractivity contribution is 7.15. The van der Waals surface area contributed by atoms with E-state index in [2.05, 4.69) is 11.1 Å². The van der Waals surface area contributed by atoms with Crippen LogP contribution in [0.3, 0.4) is 0 Å². The molecule has 1 saturated heterocycles. The van der Waals surface area contributed by atoms with Crippen LogP contribution in [-0.2, 0) is 14.3 Å². The number of anilines is 1. The van der Waals surface area contributed by atoms with E-state index >= 15 is 0 Å². The smallest absolute Gasteiger partial charge is 0.249 e. The second-order valence-electron chi connectivity index (χ2n) is 6.65. The van der Waals surface area contributed by atoms with Crippen LogP contribution in [0.15, 0.2) is 40.7 Å². The molecule has 0 unspecified atom stereocenters. The summed E-state index contributed by atoms with van der Waals surface area (Å²) in [6.45, 7) is 4.36. The van der Waals surface area contributed by atoms with Gasteiger partial charge in [-0.1, -0.05) is 23.8 Å². The fourth-order valence-electron chi connectivity index (χ4n) is 3.37. The monoisotopic (exact) mass is 383 g/mol. The molecule has 2 aliphatic heterocycles. The molecule has 1 aromatic heterocycles. The summed E-state index contributed by atoms with van der Waals surface area (Å²) in [5, 5.41) is 2.74. The van der Waals surface area contributed by atoms with Gasteiger partial charge in [0.15, 0.2) is 0 Å². The van der Waals surface area contributed by atoms with Crippen LogP contribution < -0.4 is 4.90 Å². The number of morpholine rings is 1. The van der Waals surface area contributed by atoms with Crippen molar-refractivity contribution in [1.29, 1.82) is 0 Å². The average molecular weight is 383 g/mol. The maximum Gasteiger partial charge on any atom is 0.249 e. The molecule has 0 atom stereocenters. The maximum absolute atomic E-state index is 12.8. The second kappa shape index (κ2) is 7.62. The van der Waals surface area contributed by atoms with Crippen LogP contribution in [0.4, 0.5) is 5.00 Å². The lowest BCUT2D eigenvalue weighted by Gasteiger charge is -2.29. The number of nitrogens with zero attached hydrogens (tertiary/aromatic N) is 3. The number of hydrogen-bond donors (Lipinski definition) is 0. The van der Waals surface area contributed by atoms with Crippen molar-refractivity contribution in [3.63, 3.8) is 0 Å². The number of hydrogen-bond acceptors (Lipinski definition) is 5. The van der Waals surface area contributed by atoms with Crippen LogP contribution >= 0.6 is 11.3 Å². The number of fused-ring (bicyclic) bond motifs is 1. The lowest BCUT2D eigenvalue weighted by Crippen LogP contribution is -2.47. The summed E-state index contributed by atoms with van der Waals surface area (Å²) >= 11 is 1.47. The number of benzene rings is 1. The topological polar surface area (TPSA) is 62.2 Å². The maximum atomic E-state index is 12.8. The van der Waals surface area contributed by atoms with E-state index in [-0.39, 0.29) is 24.9 Å². The minimum Gasteiger partial charge on any atom is -0.378 e. The van der Waals surface area contributed by atoms with Crippen LogP contribution in [0.5, 0.6) is 0 Å². The van der Waals surface area contributed by atoms with Crippen LogP contribution in [-0.4, -0.2) is 61.8 Å². The molecular weight excluding hydrogens is 362 g/mol. The summed E-state index contributed by atoms with van der Waals surface area (Å²) in [6, 6.07) is 10.1. The van der Waals surface area contributed by atoms with Gasteiger partial charge in [-0.25, -0.2) is 0 Å². The third-order valence-corrected chi connectivity index (χ3v) is 5.70. The van der Waals surface area contributed by atoms with Crippen molar-refractivity contribution in [2.75, 3.05) is 44.3 Å². The fourth-order valence-corrected chi connectivity index (χ4v) is 4.29. The number of aryl methyl sites for hydroxylation is 1. The van der Waals surface area contributed by atoms with E-state index in [9.17, 15) is 9.59 Å². The van der Waals surface area contributed by atoms with Crippen LogP contribution in [0.1, 0.15) is 16.7 Å². The molecule has 2 amide bonds. The minimum absolute atomic E-state index is 0.0427. The Balaban J connectivity index is 1.64. The van der Waals surface area contributed by atoms with Gasteiger partial charge in [0.25, 0.3) is 0 Å². The van der Waals surface area contributed by atoms with Gasteiger partial charge in [0.05, 0.1) is 18.9 Å². The van der Waals surface area contributed by atoms with Gasteiger partial charge in [0.1, 0.15) is 18.1 Å². The Morgan fingerprint density at radius 3 is 2.85 bits per heavy atom. The van der Waals surface area contributed by atoms with Gasteiger partial charge in [-0.05, 0) is 24.4 Å². The highest BCUT2D eigenvalue weighted by Crippen LogP contribution is 2.32. The first-order valence-electron chi connectivity index (χ1n) is 8.99. The number of carbonyl (C=O) groups is 2. The van der Waals surface area contributed by atoms with Crippen molar-refractivity contribution in [2.24, 2.45) is 4.99 Å². The van der Waals surface area contributed by atoms with Gasteiger partial charge in [0.2, 0.25) is 11.8 Å². The van der Waals surface area contributed by atoms with Crippen molar-refractivity contribution in [2.45, 2.75) is 6.92 Å². The summed E-state index contributed by atoms with van der Waals surface area (Å²) in [5.41, 5.74) is 3.85. The van der Waals surface area contributed by atoms with E-state index in [1.807, 2.05) is 36.6 Å². The van der Waals surface area contributed by atoms with Crippen molar-refractivity contribution in [3.05, 3.63) is 52.4 Å². The van der Waals surface area contributed by atoms with Gasteiger partial charge in [-0.2, -0.15) is 0 Å². The van der Waals surface area contributed by atoms with Crippen LogP contribution in [0.2, 0.25) is 0 Å². The molecule has 6 nitrogen and oxygen atoms in total. The molecule has 0 aliphatic carbocycles. The number of thiophene rings is 1. The predicted molar refractivity (Wildman–Crippen MR) is 106 cm³/mol. The summed E-state index contributed by atoms with van der Waals surface area (Å²) in [7, 11) is 0. The van der Waals surface area contributed by atoms with Crippen LogP contribution in [0, 0.1) is 6.92 Å². The standard InChI is InChI=1S/C20H21N3O3S/c1-14-3-2-4-15(11-14)19-16-5-10-27-20(16)23(17(24)12-21-19)13-18(25)22-6-8-26-9-7-22/h2-5,10-11H,6-9,12-13H2,1H3. The number of ether oxygens (including phenoxy) is 1. The first kappa shape index (κ1) is 17.9. The third kappa shape index (κ3) is 3.65. The summed E-state index contributed by atoms with van der Waals surface area (Å²) < 4.78 is 5.31. The zero-order chi connectivity index (χ0) is 18.8. The summed E-state index contributed by atoms with van der Waals surface area (Å²) in [5.74, 6) is -0.201. The van der Waals surface area contributed by atoms with Gasteiger partial charge < -0.3 is 9.64 Å². The first-order chi connectivity index (χ1) is 13.1. The molecular formula is C20H21N3O3S. The molecule has 0 radical (unpaired) electrons. The Bertz CT molecular complexity index is 899. The quantitative estimate of drug-likeness (QED) is 0.815. The molecule has 0 spiro atoms. The average Bonchev–Trinajstić information content (AvgIpc) is 3.11. The SMILES string of the molecule is Cc1cccc(C2=NCC(=O)N(CC(=O)N3CCOCC3)c3sccc32)c1. The van der Waals surface area contributed by atoms with Gasteiger partial charge in [-0.15, -0.1) is 11.3 Å². The Morgan fingerprint density at radius 2 is 2.07 bits per heavy atom. The third-order valence-electron chi connectivity index (χ3n) is 4.77. The lowest BCUT2D eigenvalue weighted by atomic mass is 10.0.